The summed E-state index contributed by atoms with van der Waals surface area (Å²) in [6.07, 6.45) is 0.777. The Bertz CT molecular complexity index is 1550. The standard InChI is InChI=1S/C27H23N3O5S2/c31-25(19-12-5-2-6-13-19)30-23(26(32)29-22-16-9-17-37(22,33)34)24(18-10-3-1-4-11-18)36-27-28-20-14-7-8-15-21(20)35-27/h1-8,10-15,22H,9,16-17H2,(H,29,32)(H,30,31). The van der Waals surface area contributed by atoms with Gasteiger partial charge in [0.05, 0.1) is 10.7 Å². The summed E-state index contributed by atoms with van der Waals surface area (Å²) in [6.45, 7) is 0. The molecule has 2 heterocycles. The molecule has 2 N–H and O–H groups in total. The van der Waals surface area contributed by atoms with E-state index in [2.05, 4.69) is 15.6 Å². The zero-order chi connectivity index (χ0) is 25.8. The van der Waals surface area contributed by atoms with Gasteiger partial charge in [0, 0.05) is 5.56 Å². The summed E-state index contributed by atoms with van der Waals surface area (Å²) in [7, 11) is -3.47. The molecule has 0 saturated carbocycles. The van der Waals surface area contributed by atoms with Crippen LogP contribution in [0.3, 0.4) is 0 Å². The molecule has 0 spiro atoms. The number of hydrogen-bond acceptors (Lipinski definition) is 7. The van der Waals surface area contributed by atoms with E-state index in [1.807, 2.05) is 24.3 Å². The van der Waals surface area contributed by atoms with E-state index in [1.54, 1.807) is 60.7 Å². The number of benzene rings is 3. The van der Waals surface area contributed by atoms with Crippen molar-refractivity contribution in [2.75, 3.05) is 5.75 Å². The monoisotopic (exact) mass is 533 g/mol. The lowest BCUT2D eigenvalue weighted by Gasteiger charge is -2.18. The molecule has 1 aliphatic rings. The maximum Gasteiger partial charge on any atom is 0.270 e. The molecular weight excluding hydrogens is 510 g/mol. The molecule has 37 heavy (non-hydrogen) atoms. The van der Waals surface area contributed by atoms with Gasteiger partial charge in [-0.2, -0.15) is 0 Å². The fraction of sp³-hybridized carbons (Fsp3) is 0.148. The first-order chi connectivity index (χ1) is 17.9. The van der Waals surface area contributed by atoms with Crippen molar-refractivity contribution in [2.24, 2.45) is 0 Å². The fourth-order valence-corrected chi connectivity index (χ4v) is 6.61. The number of nitrogens with one attached hydrogen (secondary N) is 2. The molecule has 1 saturated heterocycles. The molecule has 0 bridgehead atoms. The lowest BCUT2D eigenvalue weighted by molar-refractivity contribution is -0.118. The molecule has 1 atom stereocenters. The van der Waals surface area contributed by atoms with Gasteiger partial charge in [-0.3, -0.25) is 9.59 Å². The molecule has 5 rings (SSSR count). The number of aromatic nitrogens is 1. The van der Waals surface area contributed by atoms with E-state index in [4.69, 9.17) is 4.42 Å². The Balaban J connectivity index is 1.60. The van der Waals surface area contributed by atoms with Crippen molar-refractivity contribution >= 4 is 49.4 Å². The van der Waals surface area contributed by atoms with E-state index >= 15 is 0 Å². The topological polar surface area (TPSA) is 118 Å². The Labute approximate surface area is 218 Å². The molecule has 1 aliphatic heterocycles. The van der Waals surface area contributed by atoms with Gasteiger partial charge in [0.1, 0.15) is 16.6 Å². The number of rotatable bonds is 7. The summed E-state index contributed by atoms with van der Waals surface area (Å²) in [5.41, 5.74) is 2.11. The third-order valence-corrected chi connectivity index (χ3v) is 8.92. The first kappa shape index (κ1) is 24.8. The SMILES string of the molecule is O=C(NC1CCCS1(=O)=O)C(NC(=O)c1ccccc1)=C(Sc1nc2ccccc2o1)c1ccccc1. The first-order valence-corrected chi connectivity index (χ1v) is 14.2. The number of nitrogens with zero attached hydrogens (tertiary/aromatic N) is 1. The number of oxazole rings is 1. The third-order valence-electron chi connectivity index (χ3n) is 5.85. The van der Waals surface area contributed by atoms with E-state index in [9.17, 15) is 18.0 Å². The minimum Gasteiger partial charge on any atom is -0.431 e. The highest BCUT2D eigenvalue weighted by molar-refractivity contribution is 8.08. The normalized spacial score (nSPS) is 17.2. The second kappa shape index (κ2) is 10.6. The van der Waals surface area contributed by atoms with Crippen LogP contribution in [0.5, 0.6) is 0 Å². The number of hydrogen-bond donors (Lipinski definition) is 2. The molecule has 188 valence electrons. The van der Waals surface area contributed by atoms with Crippen LogP contribution in [0.15, 0.2) is 100 Å². The van der Waals surface area contributed by atoms with E-state index in [1.165, 1.54) is 0 Å². The van der Waals surface area contributed by atoms with E-state index in [0.29, 0.717) is 40.0 Å². The molecule has 1 unspecified atom stereocenters. The number of sulfone groups is 1. The summed E-state index contributed by atoms with van der Waals surface area (Å²) in [5, 5.41) is 4.61. The summed E-state index contributed by atoms with van der Waals surface area (Å²) < 4.78 is 30.8. The predicted octanol–water partition coefficient (Wildman–Crippen LogP) is 4.37. The van der Waals surface area contributed by atoms with Gasteiger partial charge < -0.3 is 15.1 Å². The fourth-order valence-electron chi connectivity index (χ4n) is 3.99. The van der Waals surface area contributed by atoms with Crippen LogP contribution in [0.25, 0.3) is 16.0 Å². The van der Waals surface area contributed by atoms with Crippen LogP contribution in [-0.4, -0.2) is 36.3 Å². The average molecular weight is 534 g/mol. The maximum absolute atomic E-state index is 13.6. The smallest absolute Gasteiger partial charge is 0.270 e. The largest absolute Gasteiger partial charge is 0.431 e. The van der Waals surface area contributed by atoms with Gasteiger partial charge in [-0.25, -0.2) is 13.4 Å². The quantitative estimate of drug-likeness (QED) is 0.268. The van der Waals surface area contributed by atoms with E-state index in [0.717, 1.165) is 11.8 Å². The highest BCUT2D eigenvalue weighted by Crippen LogP contribution is 2.37. The van der Waals surface area contributed by atoms with Crippen molar-refractivity contribution in [3.05, 3.63) is 102 Å². The Morgan fingerprint density at radius 1 is 0.892 bits per heavy atom. The van der Waals surface area contributed by atoms with Crippen molar-refractivity contribution in [3.63, 3.8) is 0 Å². The number of amides is 2. The Kier molecular flexibility index (Phi) is 7.11. The number of fused-ring (bicyclic) bond motifs is 1. The summed E-state index contributed by atoms with van der Waals surface area (Å²) in [6, 6.07) is 24.8. The van der Waals surface area contributed by atoms with Crippen LogP contribution in [0.4, 0.5) is 0 Å². The van der Waals surface area contributed by atoms with Gasteiger partial charge in [0.15, 0.2) is 15.4 Å². The zero-order valence-corrected chi connectivity index (χ0v) is 21.2. The maximum atomic E-state index is 13.6. The first-order valence-electron chi connectivity index (χ1n) is 11.6. The summed E-state index contributed by atoms with van der Waals surface area (Å²) in [5.74, 6) is -1.20. The molecule has 0 aliphatic carbocycles. The van der Waals surface area contributed by atoms with Crippen LogP contribution in [0.2, 0.25) is 0 Å². The minimum atomic E-state index is -3.47. The van der Waals surface area contributed by atoms with Gasteiger partial charge in [0.25, 0.3) is 17.0 Å². The van der Waals surface area contributed by atoms with E-state index < -0.39 is 27.0 Å². The van der Waals surface area contributed by atoms with Crippen molar-refractivity contribution in [2.45, 2.75) is 23.4 Å². The third kappa shape index (κ3) is 5.60. The van der Waals surface area contributed by atoms with Crippen LogP contribution in [0.1, 0.15) is 28.8 Å². The molecule has 0 radical (unpaired) electrons. The van der Waals surface area contributed by atoms with Crippen LogP contribution < -0.4 is 10.6 Å². The minimum absolute atomic E-state index is 0.0105. The molecule has 10 heteroatoms. The number of para-hydroxylation sites is 2. The van der Waals surface area contributed by atoms with Gasteiger partial charge >= 0.3 is 0 Å². The molecule has 8 nitrogen and oxygen atoms in total. The van der Waals surface area contributed by atoms with Gasteiger partial charge in [-0.05, 0) is 54.4 Å². The number of carbonyl (C=O) groups excluding carboxylic acids is 2. The Morgan fingerprint density at radius 2 is 1.54 bits per heavy atom. The van der Waals surface area contributed by atoms with Crippen molar-refractivity contribution in [1.29, 1.82) is 0 Å². The summed E-state index contributed by atoms with van der Waals surface area (Å²) >= 11 is 1.08. The highest BCUT2D eigenvalue weighted by Gasteiger charge is 2.34. The second-order valence-electron chi connectivity index (χ2n) is 8.41. The summed E-state index contributed by atoms with van der Waals surface area (Å²) in [4.78, 5) is 31.7. The van der Waals surface area contributed by atoms with Crippen molar-refractivity contribution < 1.29 is 22.4 Å². The molecule has 2 amide bonds. The molecule has 3 aromatic carbocycles. The molecule has 4 aromatic rings. The van der Waals surface area contributed by atoms with Crippen LogP contribution >= 0.6 is 11.8 Å². The Morgan fingerprint density at radius 3 is 2.19 bits per heavy atom. The molecule has 1 fully saturated rings. The predicted molar refractivity (Wildman–Crippen MR) is 142 cm³/mol. The van der Waals surface area contributed by atoms with Gasteiger partial charge in [0.2, 0.25) is 0 Å². The van der Waals surface area contributed by atoms with Gasteiger partial charge in [-0.15, -0.1) is 0 Å². The Hall–Kier alpha value is -3.89. The zero-order valence-electron chi connectivity index (χ0n) is 19.6. The van der Waals surface area contributed by atoms with Crippen LogP contribution in [-0.2, 0) is 14.6 Å². The lowest BCUT2D eigenvalue weighted by Crippen LogP contribution is -2.42. The second-order valence-corrected chi connectivity index (χ2v) is 11.7. The molecular formula is C27H23N3O5S2. The highest BCUT2D eigenvalue weighted by atomic mass is 32.2. The van der Waals surface area contributed by atoms with Crippen molar-refractivity contribution in [1.82, 2.24) is 15.6 Å². The average Bonchev–Trinajstić information content (AvgIpc) is 3.48. The van der Waals surface area contributed by atoms with Crippen LogP contribution in [0, 0.1) is 0 Å². The number of thioether (sulfide) groups is 1. The van der Waals surface area contributed by atoms with Crippen molar-refractivity contribution in [3.8, 4) is 0 Å². The lowest BCUT2D eigenvalue weighted by atomic mass is 10.1. The molecule has 1 aromatic heterocycles. The van der Waals surface area contributed by atoms with E-state index in [-0.39, 0.29) is 16.7 Å². The van der Waals surface area contributed by atoms with Gasteiger partial charge in [-0.1, -0.05) is 60.7 Å². The number of carbonyl (C=O) groups is 2.